The molecule has 122 valence electrons. The van der Waals surface area contributed by atoms with Gasteiger partial charge in [0.1, 0.15) is 5.65 Å². The van der Waals surface area contributed by atoms with Crippen LogP contribution in [-0.2, 0) is 0 Å². The Morgan fingerprint density at radius 3 is 2.52 bits per heavy atom. The number of hydrogen-bond donors (Lipinski definition) is 3. The maximum atomic E-state index is 11.0. The Hall–Kier alpha value is -3.60. The molecule has 0 saturated carbocycles. The summed E-state index contributed by atoms with van der Waals surface area (Å²) in [6.07, 6.45) is 3.70. The minimum atomic E-state index is -0.934. The summed E-state index contributed by atoms with van der Waals surface area (Å²) in [6.45, 7) is 0. The molecule has 4 aromatic rings. The van der Waals surface area contributed by atoms with E-state index >= 15 is 0 Å². The molecule has 0 aliphatic heterocycles. The topological polar surface area (TPSA) is 92.0 Å². The first-order valence-corrected chi connectivity index (χ1v) is 7.78. The third-order valence-corrected chi connectivity index (χ3v) is 4.19. The molecule has 0 unspecified atom stereocenters. The number of carbonyl (C=O) groups is 1. The number of H-pyrrole nitrogens is 1. The number of nitrogens with one attached hydrogen (secondary N) is 1. The largest absolute Gasteiger partial charge is 0.478 e. The van der Waals surface area contributed by atoms with Crippen molar-refractivity contribution in [3.63, 3.8) is 0 Å². The molecule has 0 fully saturated rings. The molecule has 25 heavy (non-hydrogen) atoms. The Morgan fingerprint density at radius 2 is 1.80 bits per heavy atom. The highest BCUT2D eigenvalue weighted by atomic mass is 16.4. The average molecular weight is 329 g/mol. The molecule has 0 spiro atoms. The second-order valence-electron chi connectivity index (χ2n) is 5.83. The van der Waals surface area contributed by atoms with E-state index in [1.807, 2.05) is 36.7 Å². The highest BCUT2D eigenvalue weighted by Gasteiger charge is 2.10. The number of nitrogens with two attached hydrogens (primary N) is 1. The summed E-state index contributed by atoms with van der Waals surface area (Å²) in [5, 5.41) is 10.0. The third-order valence-electron chi connectivity index (χ3n) is 4.19. The summed E-state index contributed by atoms with van der Waals surface area (Å²) in [4.78, 5) is 18.7. The molecule has 0 bridgehead atoms. The van der Waals surface area contributed by atoms with Crippen LogP contribution in [0.15, 0.2) is 67.0 Å². The maximum absolute atomic E-state index is 11.0. The van der Waals surface area contributed by atoms with E-state index in [1.165, 1.54) is 0 Å². The van der Waals surface area contributed by atoms with Gasteiger partial charge in [0.2, 0.25) is 0 Å². The Morgan fingerprint density at radius 1 is 1.00 bits per heavy atom. The normalized spacial score (nSPS) is 10.9. The van der Waals surface area contributed by atoms with Gasteiger partial charge in [0.15, 0.2) is 0 Å². The third kappa shape index (κ3) is 2.72. The van der Waals surface area contributed by atoms with E-state index in [-0.39, 0.29) is 5.56 Å². The van der Waals surface area contributed by atoms with Gasteiger partial charge in [-0.2, -0.15) is 0 Å². The van der Waals surface area contributed by atoms with E-state index in [0.717, 1.165) is 33.3 Å². The van der Waals surface area contributed by atoms with Crippen LogP contribution in [0.25, 0.3) is 33.3 Å². The average Bonchev–Trinajstić information content (AvgIpc) is 3.05. The first kappa shape index (κ1) is 15.0. The van der Waals surface area contributed by atoms with Gasteiger partial charge >= 0.3 is 5.97 Å². The van der Waals surface area contributed by atoms with E-state index in [0.29, 0.717) is 5.69 Å². The number of aromatic nitrogens is 2. The summed E-state index contributed by atoms with van der Waals surface area (Å²) in [5.41, 5.74) is 11.5. The van der Waals surface area contributed by atoms with Gasteiger partial charge in [0.25, 0.3) is 0 Å². The first-order chi connectivity index (χ1) is 12.1. The quantitative estimate of drug-likeness (QED) is 0.492. The van der Waals surface area contributed by atoms with E-state index in [4.69, 9.17) is 10.8 Å². The monoisotopic (exact) mass is 329 g/mol. The van der Waals surface area contributed by atoms with Crippen LogP contribution in [-0.4, -0.2) is 21.0 Å². The number of nitrogens with zero attached hydrogens (tertiary/aromatic N) is 1. The number of rotatable bonds is 3. The molecule has 0 atom stereocenters. The van der Waals surface area contributed by atoms with Gasteiger partial charge in [-0.25, -0.2) is 9.78 Å². The van der Waals surface area contributed by atoms with Gasteiger partial charge < -0.3 is 15.8 Å². The predicted octanol–water partition coefficient (Wildman–Crippen LogP) is 4.18. The summed E-state index contributed by atoms with van der Waals surface area (Å²) in [5.74, 6) is -0.934. The van der Waals surface area contributed by atoms with Gasteiger partial charge in [-0.3, -0.25) is 0 Å². The first-order valence-electron chi connectivity index (χ1n) is 7.78. The Balaban J connectivity index is 1.82. The number of anilines is 1. The highest BCUT2D eigenvalue weighted by molar-refractivity contribution is 5.96. The molecular weight excluding hydrogens is 314 g/mol. The molecule has 0 amide bonds. The van der Waals surface area contributed by atoms with Gasteiger partial charge in [0.05, 0.1) is 5.56 Å². The van der Waals surface area contributed by atoms with Crippen molar-refractivity contribution in [1.29, 1.82) is 0 Å². The summed E-state index contributed by atoms with van der Waals surface area (Å²) >= 11 is 0. The molecule has 2 aromatic heterocycles. The summed E-state index contributed by atoms with van der Waals surface area (Å²) < 4.78 is 0. The van der Waals surface area contributed by atoms with Crippen molar-refractivity contribution in [1.82, 2.24) is 9.97 Å². The fourth-order valence-corrected chi connectivity index (χ4v) is 2.91. The molecule has 0 radical (unpaired) electrons. The molecule has 2 aromatic carbocycles. The van der Waals surface area contributed by atoms with Crippen LogP contribution in [0.1, 0.15) is 10.4 Å². The van der Waals surface area contributed by atoms with Gasteiger partial charge in [-0.05, 0) is 41.5 Å². The van der Waals surface area contributed by atoms with Crippen molar-refractivity contribution in [2.24, 2.45) is 0 Å². The molecule has 0 aliphatic carbocycles. The number of aromatic amines is 1. The zero-order valence-electron chi connectivity index (χ0n) is 13.2. The van der Waals surface area contributed by atoms with E-state index in [2.05, 4.69) is 16.0 Å². The Bertz CT molecular complexity index is 1080. The van der Waals surface area contributed by atoms with Gasteiger partial charge in [-0.1, -0.05) is 24.3 Å². The van der Waals surface area contributed by atoms with Crippen LogP contribution >= 0.6 is 0 Å². The van der Waals surface area contributed by atoms with Crippen molar-refractivity contribution < 1.29 is 9.90 Å². The van der Waals surface area contributed by atoms with Crippen LogP contribution in [0.2, 0.25) is 0 Å². The number of carboxylic acids is 1. The standard InChI is InChI=1S/C20H15N3O2/c21-16-3-1-2-14(8-16)15-9-17-18(11-23-19(17)22-10-15)12-4-6-13(7-5-12)20(24)25/h1-11H,21H2,(H,22,23)(H,24,25). The molecule has 4 rings (SSSR count). The highest BCUT2D eigenvalue weighted by Crippen LogP contribution is 2.31. The number of fused-ring (bicyclic) bond motifs is 1. The number of benzene rings is 2. The lowest BCUT2D eigenvalue weighted by Crippen LogP contribution is -1.94. The fraction of sp³-hybridized carbons (Fsp3) is 0. The molecule has 4 N–H and O–H groups in total. The fourth-order valence-electron chi connectivity index (χ4n) is 2.91. The molecule has 0 aliphatic rings. The minimum Gasteiger partial charge on any atom is -0.478 e. The zero-order chi connectivity index (χ0) is 17.4. The van der Waals surface area contributed by atoms with Crippen LogP contribution in [0.5, 0.6) is 0 Å². The molecular formula is C20H15N3O2. The van der Waals surface area contributed by atoms with E-state index < -0.39 is 5.97 Å². The van der Waals surface area contributed by atoms with Crippen molar-refractivity contribution in [2.45, 2.75) is 0 Å². The number of carboxylic acid groups (broad SMARTS) is 1. The minimum absolute atomic E-state index is 0.266. The number of hydrogen-bond acceptors (Lipinski definition) is 3. The van der Waals surface area contributed by atoms with Crippen molar-refractivity contribution in [3.05, 3.63) is 72.6 Å². The van der Waals surface area contributed by atoms with Crippen LogP contribution in [0.3, 0.4) is 0 Å². The summed E-state index contributed by atoms with van der Waals surface area (Å²) in [7, 11) is 0. The van der Waals surface area contributed by atoms with E-state index in [9.17, 15) is 4.79 Å². The van der Waals surface area contributed by atoms with Crippen molar-refractivity contribution in [2.75, 3.05) is 5.73 Å². The van der Waals surface area contributed by atoms with E-state index in [1.54, 1.807) is 24.3 Å². The lowest BCUT2D eigenvalue weighted by molar-refractivity contribution is 0.0697. The molecule has 0 saturated heterocycles. The molecule has 2 heterocycles. The summed E-state index contributed by atoms with van der Waals surface area (Å²) in [6, 6.07) is 16.5. The second kappa shape index (κ2) is 5.79. The second-order valence-corrected chi connectivity index (χ2v) is 5.83. The predicted molar refractivity (Wildman–Crippen MR) is 98.3 cm³/mol. The number of aromatic carboxylic acids is 1. The van der Waals surface area contributed by atoms with Crippen molar-refractivity contribution >= 4 is 22.7 Å². The van der Waals surface area contributed by atoms with Gasteiger partial charge in [0, 0.05) is 34.6 Å². The SMILES string of the molecule is Nc1cccc(-c2cnc3[nH]cc(-c4ccc(C(=O)O)cc4)c3c2)c1. The molecule has 5 nitrogen and oxygen atoms in total. The van der Waals surface area contributed by atoms with Crippen LogP contribution in [0.4, 0.5) is 5.69 Å². The Labute approximate surface area is 143 Å². The van der Waals surface area contributed by atoms with Crippen LogP contribution < -0.4 is 5.73 Å². The number of pyridine rings is 1. The smallest absolute Gasteiger partial charge is 0.335 e. The van der Waals surface area contributed by atoms with Gasteiger partial charge in [-0.15, -0.1) is 0 Å². The maximum Gasteiger partial charge on any atom is 0.335 e. The number of nitrogen functional groups attached to an aromatic ring is 1. The zero-order valence-corrected chi connectivity index (χ0v) is 13.2. The van der Waals surface area contributed by atoms with Crippen LogP contribution in [0, 0.1) is 0 Å². The van der Waals surface area contributed by atoms with Crippen molar-refractivity contribution in [3.8, 4) is 22.3 Å². The Kier molecular flexibility index (Phi) is 3.47. The molecule has 5 heteroatoms. The lowest BCUT2D eigenvalue weighted by Gasteiger charge is -2.05. The lowest BCUT2D eigenvalue weighted by atomic mass is 10.0.